The predicted molar refractivity (Wildman–Crippen MR) is 57.2 cm³/mol. The summed E-state index contributed by atoms with van der Waals surface area (Å²) in [6.45, 7) is 0. The van der Waals surface area contributed by atoms with Crippen molar-refractivity contribution in [2.75, 3.05) is 0 Å². The van der Waals surface area contributed by atoms with Crippen molar-refractivity contribution in [2.45, 2.75) is 36.3 Å². The zero-order valence-corrected chi connectivity index (χ0v) is 11.6. The molecule has 0 amide bonds. The predicted octanol–water partition coefficient (Wildman–Crippen LogP) is 2.03. The first-order valence-electron chi connectivity index (χ1n) is 5.69. The monoisotopic (exact) mass is 414 g/mol. The molecule has 1 aliphatic heterocycles. The summed E-state index contributed by atoms with van der Waals surface area (Å²) in [5.74, 6) is -5.98. The van der Waals surface area contributed by atoms with Gasteiger partial charge in [0.2, 0.25) is 0 Å². The van der Waals surface area contributed by atoms with Crippen LogP contribution in [0.15, 0.2) is 0 Å². The van der Waals surface area contributed by atoms with Gasteiger partial charge < -0.3 is 11.5 Å². The molecule has 0 spiro atoms. The maximum absolute atomic E-state index is 13.6. The van der Waals surface area contributed by atoms with E-state index in [9.17, 15) is 52.7 Å². The van der Waals surface area contributed by atoms with E-state index in [1.165, 1.54) is 0 Å². The average Bonchev–Trinajstić information content (AvgIpc) is 2.34. The normalized spacial score (nSPS) is 25.7. The molecule has 1 fully saturated rings. The van der Waals surface area contributed by atoms with E-state index in [1.54, 1.807) is 0 Å². The lowest BCUT2D eigenvalue weighted by Gasteiger charge is -2.55. The summed E-state index contributed by atoms with van der Waals surface area (Å²) in [5.41, 5.74) is 8.02. The van der Waals surface area contributed by atoms with Crippen molar-refractivity contribution in [2.24, 2.45) is 11.5 Å². The van der Waals surface area contributed by atoms with Crippen LogP contribution in [0.1, 0.15) is 0 Å². The van der Waals surface area contributed by atoms with Crippen molar-refractivity contribution in [3.63, 3.8) is 0 Å². The number of rotatable bonds is 4. The van der Waals surface area contributed by atoms with E-state index in [0.717, 1.165) is 0 Å². The van der Waals surface area contributed by atoms with Gasteiger partial charge in [0.25, 0.3) is 0 Å². The van der Waals surface area contributed by atoms with Gasteiger partial charge in [-0.15, -0.1) is 9.80 Å². The van der Waals surface area contributed by atoms with Crippen molar-refractivity contribution >= 4 is 11.7 Å². The van der Waals surface area contributed by atoms with Crippen LogP contribution in [0.4, 0.5) is 52.7 Å². The highest BCUT2D eigenvalue weighted by molar-refractivity contribution is 5.85. The molecule has 0 saturated carbocycles. The van der Waals surface area contributed by atoms with E-state index >= 15 is 0 Å². The van der Waals surface area contributed by atoms with Crippen LogP contribution in [0.2, 0.25) is 0 Å². The van der Waals surface area contributed by atoms with Gasteiger partial charge in [-0.25, -0.2) is 0 Å². The fraction of sp³-hybridized carbons (Fsp3) is 0.750. The van der Waals surface area contributed by atoms with Crippen LogP contribution in [-0.4, -0.2) is 57.7 Å². The van der Waals surface area contributed by atoms with Gasteiger partial charge in [-0.1, -0.05) is 0 Å². The lowest BCUT2D eigenvalue weighted by molar-refractivity contribution is -0.550. The van der Waals surface area contributed by atoms with Crippen LogP contribution < -0.4 is 11.5 Å². The zero-order valence-electron chi connectivity index (χ0n) is 11.6. The first-order valence-corrected chi connectivity index (χ1v) is 5.69. The van der Waals surface area contributed by atoms with E-state index in [1.807, 2.05) is 0 Å². The summed E-state index contributed by atoms with van der Waals surface area (Å²) >= 11 is 0. The van der Waals surface area contributed by atoms with Crippen molar-refractivity contribution < 1.29 is 52.7 Å². The Kier molecular flexibility index (Phi) is 4.47. The van der Waals surface area contributed by atoms with Crippen LogP contribution in [0.3, 0.4) is 0 Å². The Hall–Kier alpha value is -1.98. The van der Waals surface area contributed by atoms with E-state index in [2.05, 4.69) is 11.5 Å². The highest BCUT2D eigenvalue weighted by Gasteiger charge is 2.92. The Morgan fingerprint density at radius 2 is 0.731 bits per heavy atom. The van der Waals surface area contributed by atoms with Crippen molar-refractivity contribution in [1.29, 1.82) is 10.8 Å². The summed E-state index contributed by atoms with van der Waals surface area (Å²) < 4.78 is 163. The second-order valence-electron chi connectivity index (χ2n) is 4.75. The number of amidine groups is 2. The van der Waals surface area contributed by atoms with Gasteiger partial charge in [0.05, 0.1) is 0 Å². The first-order chi connectivity index (χ1) is 11.1. The molecule has 0 bridgehead atoms. The molecule has 0 aromatic heterocycles. The molecule has 1 saturated heterocycles. The minimum absolute atomic E-state index is 2.99. The highest BCUT2D eigenvalue weighted by atomic mass is 19.4. The van der Waals surface area contributed by atoms with Crippen molar-refractivity contribution in [3.05, 3.63) is 0 Å². The third-order valence-electron chi connectivity index (χ3n) is 3.06. The number of piperazine rings is 1. The summed E-state index contributed by atoms with van der Waals surface area (Å²) in [5, 5.41) is 12.4. The average molecular weight is 414 g/mol. The Bertz CT molecular complexity index is 547. The Morgan fingerprint density at radius 3 is 0.846 bits per heavy atom. The smallest absolute Gasteiger partial charge is 0.381 e. The molecule has 1 aliphatic rings. The van der Waals surface area contributed by atoms with E-state index in [4.69, 9.17) is 10.8 Å². The van der Waals surface area contributed by atoms with Gasteiger partial charge in [0.1, 0.15) is 0 Å². The molecule has 152 valence electrons. The molecule has 1 rings (SSSR count). The van der Waals surface area contributed by atoms with Gasteiger partial charge >= 0.3 is 36.3 Å². The highest BCUT2D eigenvalue weighted by Crippen LogP contribution is 2.62. The maximum Gasteiger partial charge on any atom is 0.392 e. The quantitative estimate of drug-likeness (QED) is 0.245. The molecular weight excluding hydrogens is 408 g/mol. The van der Waals surface area contributed by atoms with Gasteiger partial charge in [-0.05, 0) is 0 Å². The van der Waals surface area contributed by atoms with Crippen molar-refractivity contribution in [1.82, 2.24) is 9.80 Å². The van der Waals surface area contributed by atoms with Crippen LogP contribution in [-0.2, 0) is 0 Å². The molecule has 0 radical (unpaired) electrons. The fourth-order valence-electron chi connectivity index (χ4n) is 1.84. The van der Waals surface area contributed by atoms with Crippen LogP contribution in [0, 0.1) is 10.8 Å². The van der Waals surface area contributed by atoms with E-state index in [0.29, 0.717) is 0 Å². The number of nitrogens with one attached hydrogen (secondary N) is 2. The Labute approximate surface area is 134 Å². The van der Waals surface area contributed by atoms with E-state index in [-0.39, 0.29) is 0 Å². The zero-order chi connectivity index (χ0) is 21.3. The minimum atomic E-state index is -7.15. The van der Waals surface area contributed by atoms with Gasteiger partial charge in [-0.3, -0.25) is 10.8 Å². The second-order valence-corrected chi connectivity index (χ2v) is 4.75. The largest absolute Gasteiger partial charge is 0.392 e. The van der Waals surface area contributed by atoms with Crippen LogP contribution in [0.25, 0.3) is 0 Å². The first kappa shape index (κ1) is 22.1. The number of nitrogens with two attached hydrogens (primary N) is 2. The molecular formula is C8H6F12N6. The Morgan fingerprint density at radius 1 is 0.577 bits per heavy atom. The topological polar surface area (TPSA) is 106 Å². The third-order valence-corrected chi connectivity index (χ3v) is 3.06. The number of hydrogen-bond donors (Lipinski definition) is 4. The van der Waals surface area contributed by atoms with Gasteiger partial charge in [0.15, 0.2) is 11.7 Å². The molecule has 0 aromatic rings. The maximum atomic E-state index is 13.6. The molecule has 18 heteroatoms. The SMILES string of the molecule is N=C(N)C(F)(F)N1C(F)(F)C(F)(F)N(C(F)(F)C(=N)N)C(F)(F)C1(F)F. The fourth-order valence-corrected chi connectivity index (χ4v) is 1.84. The molecule has 6 N–H and O–H groups in total. The summed E-state index contributed by atoms with van der Waals surface area (Å²) in [7, 11) is 0. The summed E-state index contributed by atoms with van der Waals surface area (Å²) in [6.07, 6.45) is 0. The van der Waals surface area contributed by atoms with Gasteiger partial charge in [0, 0.05) is 0 Å². The lowest BCUT2D eigenvalue weighted by Crippen LogP contribution is -2.87. The van der Waals surface area contributed by atoms with Crippen molar-refractivity contribution in [3.8, 4) is 0 Å². The molecule has 1 heterocycles. The van der Waals surface area contributed by atoms with Gasteiger partial charge in [-0.2, -0.15) is 52.7 Å². The minimum Gasteiger partial charge on any atom is -0.381 e. The Balaban J connectivity index is 3.93. The number of hydrogen-bond acceptors (Lipinski definition) is 4. The molecule has 0 atom stereocenters. The molecule has 0 aromatic carbocycles. The summed E-state index contributed by atoms with van der Waals surface area (Å²) in [4.78, 5) is -6.88. The van der Waals surface area contributed by atoms with Crippen LogP contribution in [0.5, 0.6) is 0 Å². The lowest BCUT2D eigenvalue weighted by atomic mass is 10.1. The molecule has 6 nitrogen and oxygen atoms in total. The molecule has 0 aliphatic carbocycles. The number of halogens is 12. The second kappa shape index (κ2) is 5.27. The number of nitrogens with zero attached hydrogens (tertiary/aromatic N) is 2. The van der Waals surface area contributed by atoms with E-state index < -0.39 is 57.7 Å². The summed E-state index contributed by atoms with van der Waals surface area (Å²) in [6, 6.07) is -41.2. The third kappa shape index (κ3) is 2.37. The molecule has 26 heavy (non-hydrogen) atoms. The molecule has 0 unspecified atom stereocenters. The van der Waals surface area contributed by atoms with Crippen LogP contribution >= 0.6 is 0 Å². The standard InChI is InChI=1S/C8H6F12N6/c9-3(10,1(21)22)25-5(13,14)7(17,18)26(4(11,12)2(23)24)8(19,20)6(25,15)16/h(H3,21,22)(H3,23,24). The number of alkyl halides is 12.